The van der Waals surface area contributed by atoms with Gasteiger partial charge in [0, 0.05) is 14.7 Å². The lowest BCUT2D eigenvalue weighted by Gasteiger charge is -2.40. The van der Waals surface area contributed by atoms with Gasteiger partial charge in [-0.25, -0.2) is 3.63 Å². The Morgan fingerprint density at radius 3 is 1.23 bits per heavy atom. The van der Waals surface area contributed by atoms with E-state index in [1.807, 2.05) is 55.5 Å². The van der Waals surface area contributed by atoms with E-state index in [2.05, 4.69) is 41.5 Å². The lowest BCUT2D eigenvalue weighted by molar-refractivity contribution is 0.474. The second kappa shape index (κ2) is 10.5. The van der Waals surface area contributed by atoms with E-state index in [0.29, 0.717) is 4.90 Å². The highest BCUT2D eigenvalue weighted by Gasteiger charge is 2.39. The second-order valence-electron chi connectivity index (χ2n) is 11.9. The summed E-state index contributed by atoms with van der Waals surface area (Å²) in [6, 6.07) is 29.4. The van der Waals surface area contributed by atoms with Crippen LogP contribution in [0.2, 0.25) is 0 Å². The lowest BCUT2D eigenvalue weighted by atomic mass is 9.87. The van der Waals surface area contributed by atoms with Gasteiger partial charge in [-0.2, -0.15) is 8.42 Å². The minimum absolute atomic E-state index is 0.0712. The van der Waals surface area contributed by atoms with E-state index in [1.54, 1.807) is 48.5 Å². The molecule has 1 N–H and O–H groups in total. The maximum Gasteiger partial charge on any atom is 0.307 e. The second-order valence-corrected chi connectivity index (χ2v) is 16.4. The highest BCUT2D eigenvalue weighted by Crippen LogP contribution is 2.70. The van der Waals surface area contributed by atoms with Gasteiger partial charge in [0.2, 0.25) is 0 Å². The molecule has 4 rings (SSSR count). The first-order valence-electron chi connectivity index (χ1n) is 13.0. The molecular weight excluding hydrogens is 524 g/mol. The van der Waals surface area contributed by atoms with E-state index in [4.69, 9.17) is 3.63 Å². The van der Waals surface area contributed by atoms with Gasteiger partial charge in [-0.1, -0.05) is 83.5 Å². The predicted molar refractivity (Wildman–Crippen MR) is 160 cm³/mol. The Labute approximate surface area is 235 Å². The van der Waals surface area contributed by atoms with Gasteiger partial charge in [-0.3, -0.25) is 0 Å². The van der Waals surface area contributed by atoms with Crippen LogP contribution in [0.1, 0.15) is 58.2 Å². The average molecular weight is 563 g/mol. The number of phenolic OH excluding ortho intramolecular Hbond substituents is 1. The third-order valence-electron chi connectivity index (χ3n) is 6.77. The highest BCUT2D eigenvalue weighted by molar-refractivity contribution is 8.33. The van der Waals surface area contributed by atoms with Crippen LogP contribution in [0.5, 0.6) is 5.75 Å². The summed E-state index contributed by atoms with van der Waals surface area (Å²) in [5, 5.41) is 10.1. The fourth-order valence-corrected chi connectivity index (χ4v) is 9.51. The average Bonchev–Trinajstić information content (AvgIpc) is 2.87. The van der Waals surface area contributed by atoms with E-state index in [1.165, 1.54) is 0 Å². The van der Waals surface area contributed by atoms with E-state index in [9.17, 15) is 13.5 Å². The Kier molecular flexibility index (Phi) is 7.78. The van der Waals surface area contributed by atoms with Crippen molar-refractivity contribution in [3.63, 3.8) is 0 Å². The minimum Gasteiger partial charge on any atom is -0.508 e. The molecule has 0 aliphatic rings. The van der Waals surface area contributed by atoms with Crippen molar-refractivity contribution in [2.75, 3.05) is 0 Å². The van der Waals surface area contributed by atoms with Crippen molar-refractivity contribution >= 4 is 20.4 Å². The Bertz CT molecular complexity index is 1470. The van der Waals surface area contributed by atoms with Gasteiger partial charge in [0.1, 0.15) is 5.75 Å². The van der Waals surface area contributed by atoms with E-state index in [0.717, 1.165) is 26.5 Å². The summed E-state index contributed by atoms with van der Waals surface area (Å²) in [7, 11) is -6.98. The largest absolute Gasteiger partial charge is 0.508 e. The van der Waals surface area contributed by atoms with Crippen LogP contribution in [0.3, 0.4) is 0 Å². The molecule has 0 heterocycles. The van der Waals surface area contributed by atoms with Crippen LogP contribution in [-0.4, -0.2) is 13.5 Å². The summed E-state index contributed by atoms with van der Waals surface area (Å²) in [6.45, 7) is 14.8. The highest BCUT2D eigenvalue weighted by atomic mass is 32.3. The maximum atomic E-state index is 13.9. The SMILES string of the molecule is Cc1ccc(S(=O)(=O)OS(c2ccc(O)cc2)(c2ccc(C(C)(C)C)cc2)c2ccc(C(C)(C)C)cc2)cc1. The molecule has 4 aromatic rings. The smallest absolute Gasteiger partial charge is 0.307 e. The number of hydrogen-bond donors (Lipinski definition) is 1. The summed E-state index contributed by atoms with van der Waals surface area (Å²) in [6.07, 6.45) is 0. The van der Waals surface area contributed by atoms with Gasteiger partial charge < -0.3 is 5.11 Å². The first-order chi connectivity index (χ1) is 18.1. The monoisotopic (exact) mass is 562 g/mol. The van der Waals surface area contributed by atoms with Crippen LogP contribution in [0.4, 0.5) is 0 Å². The molecule has 0 saturated carbocycles. The Hall–Kier alpha value is -3.06. The van der Waals surface area contributed by atoms with Crippen LogP contribution < -0.4 is 0 Å². The van der Waals surface area contributed by atoms with Crippen LogP contribution in [0, 0.1) is 6.92 Å². The third-order valence-corrected chi connectivity index (χ3v) is 12.0. The molecule has 0 atom stereocenters. The van der Waals surface area contributed by atoms with Gasteiger partial charge in [-0.15, -0.1) is 0 Å². The predicted octanol–water partition coefficient (Wildman–Crippen LogP) is 8.90. The van der Waals surface area contributed by atoms with Gasteiger partial charge in [0.05, 0.1) is 4.90 Å². The topological polar surface area (TPSA) is 63.6 Å². The number of benzene rings is 4. The van der Waals surface area contributed by atoms with Crippen molar-refractivity contribution in [3.8, 4) is 5.75 Å². The normalized spacial score (nSPS) is 13.3. The van der Waals surface area contributed by atoms with Crippen LogP contribution in [0.25, 0.3) is 0 Å². The molecule has 0 bridgehead atoms. The van der Waals surface area contributed by atoms with Crippen molar-refractivity contribution < 1.29 is 17.2 Å². The molecule has 4 nitrogen and oxygen atoms in total. The molecule has 206 valence electrons. The molecule has 0 fully saturated rings. The molecule has 0 unspecified atom stereocenters. The quantitative estimate of drug-likeness (QED) is 0.255. The maximum absolute atomic E-state index is 13.9. The number of rotatable bonds is 6. The zero-order valence-corrected chi connectivity index (χ0v) is 25.4. The van der Waals surface area contributed by atoms with Gasteiger partial charge >= 0.3 is 10.1 Å². The lowest BCUT2D eigenvalue weighted by Crippen LogP contribution is -2.16. The molecule has 4 aromatic carbocycles. The summed E-state index contributed by atoms with van der Waals surface area (Å²) in [5.41, 5.74) is 3.09. The minimum atomic E-state index is -4.19. The fourth-order valence-electron chi connectivity index (χ4n) is 4.34. The van der Waals surface area contributed by atoms with Crippen LogP contribution in [-0.2, 0) is 24.6 Å². The summed E-state index contributed by atoms with van der Waals surface area (Å²) < 4.78 is 34.4. The molecular formula is C33H38O4S2. The van der Waals surface area contributed by atoms with Crippen molar-refractivity contribution in [2.24, 2.45) is 0 Å². The molecule has 0 aliphatic carbocycles. The summed E-state index contributed by atoms with van der Waals surface area (Å²) in [4.78, 5) is 2.27. The Morgan fingerprint density at radius 1 is 0.538 bits per heavy atom. The molecule has 0 amide bonds. The Balaban J connectivity index is 2.03. The summed E-state index contributed by atoms with van der Waals surface area (Å²) in [5.74, 6) is 0.0969. The molecule has 0 aliphatic heterocycles. The molecule has 0 spiro atoms. The molecule has 39 heavy (non-hydrogen) atoms. The van der Waals surface area contributed by atoms with Crippen LogP contribution in [0.15, 0.2) is 117 Å². The van der Waals surface area contributed by atoms with Gasteiger partial charge in [0.15, 0.2) is 0 Å². The number of hydrogen-bond acceptors (Lipinski definition) is 4. The molecule has 0 saturated heterocycles. The first kappa shape index (κ1) is 28.9. The summed E-state index contributed by atoms with van der Waals surface area (Å²) >= 11 is 0. The van der Waals surface area contributed by atoms with Gasteiger partial charge in [0.25, 0.3) is 0 Å². The van der Waals surface area contributed by atoms with Crippen molar-refractivity contribution in [3.05, 3.63) is 114 Å². The van der Waals surface area contributed by atoms with Crippen molar-refractivity contribution in [1.82, 2.24) is 0 Å². The number of aromatic hydroxyl groups is 1. The van der Waals surface area contributed by atoms with Crippen molar-refractivity contribution in [1.29, 1.82) is 0 Å². The zero-order valence-electron chi connectivity index (χ0n) is 23.7. The van der Waals surface area contributed by atoms with E-state index >= 15 is 0 Å². The standard InChI is InChI=1S/C33H38O4S2/c1-24-8-16-31(17-9-24)39(35,36)37-38(30-22-14-27(34)15-23-30,28-18-10-25(11-19-28)32(2,3)4)29-20-12-26(13-21-29)33(5,6)7/h8-23,34H,1-7H3. The first-order valence-corrected chi connectivity index (χ1v) is 16.0. The van der Waals surface area contributed by atoms with Gasteiger partial charge in [-0.05, 0) is 99.9 Å². The number of aryl methyl sites for hydroxylation is 1. The zero-order chi connectivity index (χ0) is 28.6. The van der Waals surface area contributed by atoms with E-state index in [-0.39, 0.29) is 21.5 Å². The molecule has 0 radical (unpaired) electrons. The molecule has 0 aromatic heterocycles. The van der Waals surface area contributed by atoms with Crippen molar-refractivity contribution in [2.45, 2.75) is 78.9 Å². The number of phenols is 1. The third kappa shape index (κ3) is 6.08. The Morgan fingerprint density at radius 2 is 0.872 bits per heavy atom. The van der Waals surface area contributed by atoms with E-state index < -0.39 is 20.4 Å². The van der Waals surface area contributed by atoms with Crippen LogP contribution >= 0.6 is 10.3 Å². The molecule has 6 heteroatoms. The fraction of sp³-hybridized carbons (Fsp3) is 0.273.